The lowest BCUT2D eigenvalue weighted by Crippen LogP contribution is -2.36. The average Bonchev–Trinajstić information content (AvgIpc) is 2.59. The van der Waals surface area contributed by atoms with Gasteiger partial charge in [-0.1, -0.05) is 49.6 Å². The minimum absolute atomic E-state index is 0.947. The summed E-state index contributed by atoms with van der Waals surface area (Å²) < 4.78 is 0. The molecule has 0 aromatic heterocycles. The molecule has 1 aromatic carbocycles. The first-order valence-corrected chi connectivity index (χ1v) is 10.6. The molecular weight excluding hydrogens is 300 g/mol. The highest BCUT2D eigenvalue weighted by atomic mass is 32.2. The lowest BCUT2D eigenvalue weighted by atomic mass is 9.89. The standard InChI is InChI=1S/C20H34N2S/c1-21(17-19-9-5-3-6-10-19)13-14-22(15-16-23-2)18-20-11-7-4-8-12-20/h4,7-8,11-12,19H,3,5-6,9-10,13-18H2,1-2H3. The van der Waals surface area contributed by atoms with Crippen molar-refractivity contribution in [1.82, 2.24) is 9.80 Å². The van der Waals surface area contributed by atoms with Crippen molar-refractivity contribution in [3.63, 3.8) is 0 Å². The van der Waals surface area contributed by atoms with Gasteiger partial charge in [-0.3, -0.25) is 4.90 Å². The van der Waals surface area contributed by atoms with Gasteiger partial charge in [0.1, 0.15) is 0 Å². The summed E-state index contributed by atoms with van der Waals surface area (Å²) in [6.07, 6.45) is 9.46. The number of benzene rings is 1. The van der Waals surface area contributed by atoms with E-state index >= 15 is 0 Å². The van der Waals surface area contributed by atoms with Gasteiger partial charge in [0, 0.05) is 38.5 Å². The van der Waals surface area contributed by atoms with Crippen molar-refractivity contribution in [2.45, 2.75) is 38.6 Å². The Bertz CT molecular complexity index is 403. The van der Waals surface area contributed by atoms with Crippen LogP contribution in [0.2, 0.25) is 0 Å². The average molecular weight is 335 g/mol. The van der Waals surface area contributed by atoms with Crippen LogP contribution >= 0.6 is 11.8 Å². The van der Waals surface area contributed by atoms with E-state index < -0.39 is 0 Å². The number of thioether (sulfide) groups is 1. The van der Waals surface area contributed by atoms with E-state index in [-0.39, 0.29) is 0 Å². The maximum absolute atomic E-state index is 2.61. The first-order valence-electron chi connectivity index (χ1n) is 9.21. The third-order valence-electron chi connectivity index (χ3n) is 4.95. The molecule has 130 valence electrons. The van der Waals surface area contributed by atoms with Gasteiger partial charge in [0.2, 0.25) is 0 Å². The normalized spacial score (nSPS) is 16.3. The lowest BCUT2D eigenvalue weighted by Gasteiger charge is -2.29. The van der Waals surface area contributed by atoms with Crippen LogP contribution in [0.5, 0.6) is 0 Å². The van der Waals surface area contributed by atoms with Gasteiger partial charge < -0.3 is 4.90 Å². The fraction of sp³-hybridized carbons (Fsp3) is 0.700. The third-order valence-corrected chi connectivity index (χ3v) is 5.54. The van der Waals surface area contributed by atoms with Crippen molar-refractivity contribution in [3.8, 4) is 0 Å². The van der Waals surface area contributed by atoms with Crippen LogP contribution in [0, 0.1) is 5.92 Å². The lowest BCUT2D eigenvalue weighted by molar-refractivity contribution is 0.193. The molecule has 1 aromatic rings. The van der Waals surface area contributed by atoms with Crippen LogP contribution in [0.1, 0.15) is 37.7 Å². The zero-order valence-corrected chi connectivity index (χ0v) is 15.9. The number of hydrogen-bond donors (Lipinski definition) is 0. The smallest absolute Gasteiger partial charge is 0.0234 e. The number of likely N-dealkylation sites (N-methyl/N-ethyl adjacent to an activating group) is 1. The number of hydrogen-bond acceptors (Lipinski definition) is 3. The van der Waals surface area contributed by atoms with Gasteiger partial charge in [-0.25, -0.2) is 0 Å². The predicted octanol–water partition coefficient (Wildman–Crippen LogP) is 4.36. The van der Waals surface area contributed by atoms with Gasteiger partial charge in [-0.15, -0.1) is 0 Å². The Labute approximate surface area is 147 Å². The molecule has 0 spiro atoms. The number of nitrogens with zero attached hydrogens (tertiary/aromatic N) is 2. The Kier molecular flexibility index (Phi) is 9.10. The second kappa shape index (κ2) is 11.1. The fourth-order valence-corrected chi connectivity index (χ4v) is 3.99. The quantitative estimate of drug-likeness (QED) is 0.627. The van der Waals surface area contributed by atoms with Crippen LogP contribution in [0.25, 0.3) is 0 Å². The molecule has 1 fully saturated rings. The summed E-state index contributed by atoms with van der Waals surface area (Å²) in [5.41, 5.74) is 1.43. The molecule has 1 saturated carbocycles. The van der Waals surface area contributed by atoms with Gasteiger partial charge in [0.15, 0.2) is 0 Å². The van der Waals surface area contributed by atoms with Crippen molar-refractivity contribution >= 4 is 11.8 Å². The van der Waals surface area contributed by atoms with Gasteiger partial charge in [0.25, 0.3) is 0 Å². The Morgan fingerprint density at radius 3 is 2.43 bits per heavy atom. The second-order valence-corrected chi connectivity index (χ2v) is 8.01. The van der Waals surface area contributed by atoms with Gasteiger partial charge in [0.05, 0.1) is 0 Å². The van der Waals surface area contributed by atoms with Crippen molar-refractivity contribution in [2.75, 3.05) is 45.2 Å². The van der Waals surface area contributed by atoms with Crippen LogP contribution in [-0.2, 0) is 6.54 Å². The summed E-state index contributed by atoms with van der Waals surface area (Å²) in [5, 5.41) is 0. The zero-order valence-electron chi connectivity index (χ0n) is 15.0. The summed E-state index contributed by atoms with van der Waals surface area (Å²) in [7, 11) is 2.31. The molecule has 1 aliphatic carbocycles. The zero-order chi connectivity index (χ0) is 16.3. The molecule has 3 heteroatoms. The molecule has 2 rings (SSSR count). The summed E-state index contributed by atoms with van der Waals surface area (Å²) in [6, 6.07) is 10.9. The molecule has 2 nitrogen and oxygen atoms in total. The van der Waals surface area contributed by atoms with E-state index in [0.29, 0.717) is 0 Å². The Morgan fingerprint density at radius 2 is 1.74 bits per heavy atom. The van der Waals surface area contributed by atoms with E-state index in [0.717, 1.165) is 12.5 Å². The van der Waals surface area contributed by atoms with Crippen LogP contribution < -0.4 is 0 Å². The van der Waals surface area contributed by atoms with Crippen LogP contribution in [0.4, 0.5) is 0 Å². The molecule has 0 saturated heterocycles. The van der Waals surface area contributed by atoms with E-state index in [1.807, 2.05) is 11.8 Å². The van der Waals surface area contributed by atoms with Gasteiger partial charge in [-0.2, -0.15) is 11.8 Å². The molecule has 0 heterocycles. The monoisotopic (exact) mass is 334 g/mol. The molecule has 0 bridgehead atoms. The van der Waals surface area contributed by atoms with Crippen molar-refractivity contribution in [3.05, 3.63) is 35.9 Å². The maximum Gasteiger partial charge on any atom is 0.0234 e. The third kappa shape index (κ3) is 7.73. The molecule has 0 radical (unpaired) electrons. The molecule has 0 N–H and O–H groups in total. The van der Waals surface area contributed by atoms with Gasteiger partial charge >= 0.3 is 0 Å². The fourth-order valence-electron chi connectivity index (χ4n) is 3.55. The van der Waals surface area contributed by atoms with E-state index in [1.165, 1.54) is 69.6 Å². The summed E-state index contributed by atoms with van der Waals surface area (Å²) >= 11 is 1.95. The number of rotatable bonds is 10. The predicted molar refractivity (Wildman–Crippen MR) is 104 cm³/mol. The van der Waals surface area contributed by atoms with Crippen molar-refractivity contribution in [1.29, 1.82) is 0 Å². The summed E-state index contributed by atoms with van der Waals surface area (Å²) in [5.74, 6) is 2.17. The van der Waals surface area contributed by atoms with E-state index in [1.54, 1.807) is 0 Å². The first-order chi connectivity index (χ1) is 11.3. The van der Waals surface area contributed by atoms with E-state index in [9.17, 15) is 0 Å². The second-order valence-electron chi connectivity index (χ2n) is 7.02. The van der Waals surface area contributed by atoms with Crippen LogP contribution in [-0.4, -0.2) is 55.0 Å². The minimum atomic E-state index is 0.947. The Hall–Kier alpha value is -0.510. The molecule has 23 heavy (non-hydrogen) atoms. The Morgan fingerprint density at radius 1 is 1.00 bits per heavy atom. The molecule has 0 amide bonds. The first kappa shape index (κ1) is 18.8. The largest absolute Gasteiger partial charge is 0.305 e. The highest BCUT2D eigenvalue weighted by molar-refractivity contribution is 7.98. The SMILES string of the molecule is CSCCN(CCN(C)CC1CCCCC1)Cc1ccccc1. The highest BCUT2D eigenvalue weighted by Crippen LogP contribution is 2.24. The van der Waals surface area contributed by atoms with Crippen LogP contribution in [0.3, 0.4) is 0 Å². The van der Waals surface area contributed by atoms with E-state index in [2.05, 4.69) is 53.4 Å². The molecule has 1 aliphatic rings. The summed E-state index contributed by atoms with van der Waals surface area (Å²) in [6.45, 7) is 5.93. The van der Waals surface area contributed by atoms with Crippen molar-refractivity contribution in [2.24, 2.45) is 5.92 Å². The van der Waals surface area contributed by atoms with E-state index in [4.69, 9.17) is 0 Å². The van der Waals surface area contributed by atoms with Gasteiger partial charge in [-0.05, 0) is 37.6 Å². The molecule has 0 aliphatic heterocycles. The molecular formula is C20H34N2S. The highest BCUT2D eigenvalue weighted by Gasteiger charge is 2.15. The van der Waals surface area contributed by atoms with Crippen molar-refractivity contribution < 1.29 is 0 Å². The Balaban J connectivity index is 1.75. The topological polar surface area (TPSA) is 6.48 Å². The maximum atomic E-state index is 2.61. The summed E-state index contributed by atoms with van der Waals surface area (Å²) in [4.78, 5) is 5.18. The molecule has 0 atom stereocenters. The van der Waals surface area contributed by atoms with Crippen LogP contribution in [0.15, 0.2) is 30.3 Å². The minimum Gasteiger partial charge on any atom is -0.305 e. The molecule has 0 unspecified atom stereocenters.